The molecule has 0 aliphatic carbocycles. The number of nitrogens with zero attached hydrogens (tertiary/aromatic N) is 5. The molecule has 2 aromatic heterocycles. The fraction of sp³-hybridized carbons (Fsp3) is 0.278. The van der Waals surface area contributed by atoms with Gasteiger partial charge in [0.1, 0.15) is 28.7 Å². The van der Waals surface area contributed by atoms with Crippen LogP contribution in [0, 0.1) is 11.6 Å². The first kappa shape index (κ1) is 17.2. The molecule has 1 N–H and O–H groups in total. The van der Waals surface area contributed by atoms with E-state index >= 15 is 0 Å². The molecule has 7 nitrogen and oxygen atoms in total. The zero-order valence-electron chi connectivity index (χ0n) is 14.7. The minimum atomic E-state index is -1.03. The number of benzene rings is 1. The van der Waals surface area contributed by atoms with E-state index in [0.717, 1.165) is 5.52 Å². The summed E-state index contributed by atoms with van der Waals surface area (Å²) in [6.07, 6.45) is 2.17. The summed E-state index contributed by atoms with van der Waals surface area (Å²) in [6.45, 7) is 0.476. The van der Waals surface area contributed by atoms with Gasteiger partial charge in [-0.15, -0.1) is 0 Å². The Morgan fingerprint density at radius 1 is 1.22 bits per heavy atom. The van der Waals surface area contributed by atoms with E-state index in [2.05, 4.69) is 9.97 Å². The van der Waals surface area contributed by atoms with Crippen molar-refractivity contribution < 1.29 is 18.7 Å². The van der Waals surface area contributed by atoms with Crippen molar-refractivity contribution in [3.05, 3.63) is 47.9 Å². The number of carboxylic acid groups (broad SMARTS) is 1. The number of likely N-dealkylation sites (tertiary alicyclic amines) is 1. The Morgan fingerprint density at radius 3 is 2.52 bits per heavy atom. The number of carbonyl (C=O) groups is 1. The number of aryl methyl sites for hydroxylation is 1. The Bertz CT molecular complexity index is 1020. The van der Waals surface area contributed by atoms with Gasteiger partial charge in [0.15, 0.2) is 0 Å². The van der Waals surface area contributed by atoms with Gasteiger partial charge in [-0.1, -0.05) is 0 Å². The van der Waals surface area contributed by atoms with Crippen molar-refractivity contribution in [1.29, 1.82) is 0 Å². The van der Waals surface area contributed by atoms with Gasteiger partial charge in [0.25, 0.3) is 0 Å². The molecule has 0 unspecified atom stereocenters. The molecule has 140 valence electrons. The van der Waals surface area contributed by atoms with Crippen LogP contribution < -0.4 is 4.90 Å². The first-order valence-electron chi connectivity index (χ1n) is 8.32. The Morgan fingerprint density at radius 2 is 1.89 bits per heavy atom. The number of hydrogen-bond acceptors (Lipinski definition) is 4. The fourth-order valence-electron chi connectivity index (χ4n) is 3.30. The summed E-state index contributed by atoms with van der Waals surface area (Å²) < 4.78 is 31.2. The van der Waals surface area contributed by atoms with Crippen LogP contribution in [0.25, 0.3) is 11.0 Å². The number of amides is 1. The number of halogens is 2. The van der Waals surface area contributed by atoms with E-state index in [1.165, 1.54) is 21.9 Å². The molecule has 0 radical (unpaired) electrons. The highest BCUT2D eigenvalue weighted by Gasteiger charge is 2.33. The molecular weight excluding hydrogens is 356 g/mol. The van der Waals surface area contributed by atoms with Crippen molar-refractivity contribution in [3.63, 3.8) is 0 Å². The SMILES string of the molecule is CN(c1cc2c(cn1)ncn2C)c1c(F)cc(C2CN(C(=O)O)C2)cc1F. The summed E-state index contributed by atoms with van der Waals surface area (Å²) in [7, 11) is 3.37. The molecule has 0 bridgehead atoms. The summed E-state index contributed by atoms with van der Waals surface area (Å²) in [5.41, 5.74) is 1.74. The lowest BCUT2D eigenvalue weighted by molar-refractivity contribution is 0.105. The van der Waals surface area contributed by atoms with Crippen molar-refractivity contribution in [2.24, 2.45) is 7.05 Å². The summed E-state index contributed by atoms with van der Waals surface area (Å²) in [4.78, 5) is 21.8. The van der Waals surface area contributed by atoms with E-state index in [9.17, 15) is 13.6 Å². The highest BCUT2D eigenvalue weighted by Crippen LogP contribution is 2.34. The number of pyridine rings is 1. The third-order valence-electron chi connectivity index (χ3n) is 4.94. The van der Waals surface area contributed by atoms with Crippen molar-refractivity contribution in [3.8, 4) is 0 Å². The standard InChI is InChI=1S/C18H17F2N5O2/c1-23-9-22-14-6-21-16(5-15(14)23)24(2)17-12(19)3-10(4-13(17)20)11-7-25(8-11)18(26)27/h3-6,9,11H,7-8H2,1-2H3,(H,26,27). The van der Waals surface area contributed by atoms with Crippen LogP contribution in [0.2, 0.25) is 0 Å². The van der Waals surface area contributed by atoms with Crippen molar-refractivity contribution in [1.82, 2.24) is 19.4 Å². The molecule has 1 aromatic carbocycles. The maximum absolute atomic E-state index is 14.7. The second kappa shape index (κ2) is 6.19. The molecule has 3 aromatic rings. The Kier molecular flexibility index (Phi) is 3.94. The van der Waals surface area contributed by atoms with Crippen LogP contribution in [0.15, 0.2) is 30.7 Å². The Labute approximate surface area is 153 Å². The number of aromatic nitrogens is 3. The second-order valence-corrected chi connectivity index (χ2v) is 6.66. The summed E-state index contributed by atoms with van der Waals surface area (Å²) in [6, 6.07) is 4.24. The maximum Gasteiger partial charge on any atom is 0.407 e. The van der Waals surface area contributed by atoms with Crippen molar-refractivity contribution in [2.45, 2.75) is 5.92 Å². The molecule has 1 saturated heterocycles. The van der Waals surface area contributed by atoms with Gasteiger partial charge in [0.2, 0.25) is 0 Å². The monoisotopic (exact) mass is 373 g/mol. The summed E-state index contributed by atoms with van der Waals surface area (Å²) in [5, 5.41) is 8.89. The molecule has 1 aliphatic rings. The molecule has 27 heavy (non-hydrogen) atoms. The quantitative estimate of drug-likeness (QED) is 0.764. The molecule has 1 aliphatic heterocycles. The largest absolute Gasteiger partial charge is 0.465 e. The smallest absolute Gasteiger partial charge is 0.407 e. The first-order valence-corrected chi connectivity index (χ1v) is 8.32. The van der Waals surface area contributed by atoms with Crippen molar-refractivity contribution >= 4 is 28.6 Å². The van der Waals surface area contributed by atoms with E-state index in [4.69, 9.17) is 5.11 Å². The van der Waals surface area contributed by atoms with Gasteiger partial charge in [0.05, 0.1) is 18.0 Å². The van der Waals surface area contributed by atoms with Crippen LogP contribution >= 0.6 is 0 Å². The molecule has 0 atom stereocenters. The van der Waals surface area contributed by atoms with Crippen molar-refractivity contribution in [2.75, 3.05) is 25.0 Å². The highest BCUT2D eigenvalue weighted by molar-refractivity contribution is 5.79. The summed E-state index contributed by atoms with van der Waals surface area (Å²) in [5.74, 6) is -1.24. The van der Waals surface area contributed by atoms with Crippen LogP contribution in [-0.2, 0) is 7.05 Å². The lowest BCUT2D eigenvalue weighted by atomic mass is 9.91. The molecular formula is C18H17F2N5O2. The molecule has 4 rings (SSSR count). The summed E-state index contributed by atoms with van der Waals surface area (Å²) >= 11 is 0. The average Bonchev–Trinajstić information content (AvgIpc) is 2.93. The Hall–Kier alpha value is -3.23. The molecule has 9 heteroatoms. The predicted molar refractivity (Wildman–Crippen MR) is 95.3 cm³/mol. The lowest BCUT2D eigenvalue weighted by Gasteiger charge is -2.37. The number of anilines is 2. The van der Waals surface area contributed by atoms with Gasteiger partial charge >= 0.3 is 6.09 Å². The molecule has 1 fully saturated rings. The van der Waals surface area contributed by atoms with Gasteiger partial charge in [-0.25, -0.2) is 23.5 Å². The van der Waals surface area contributed by atoms with E-state index in [-0.39, 0.29) is 24.7 Å². The molecule has 0 saturated carbocycles. The fourth-order valence-corrected chi connectivity index (χ4v) is 3.30. The van der Waals surface area contributed by atoms with E-state index < -0.39 is 17.7 Å². The number of rotatable bonds is 3. The van der Waals surface area contributed by atoms with E-state index in [1.54, 1.807) is 30.2 Å². The van der Waals surface area contributed by atoms with Crippen LogP contribution in [0.3, 0.4) is 0 Å². The van der Waals surface area contributed by atoms with E-state index in [1.807, 2.05) is 7.05 Å². The van der Waals surface area contributed by atoms with Gasteiger partial charge in [-0.2, -0.15) is 0 Å². The minimum absolute atomic E-state index is 0.201. The van der Waals surface area contributed by atoms with Crippen LogP contribution in [0.1, 0.15) is 11.5 Å². The zero-order chi connectivity index (χ0) is 19.3. The third-order valence-corrected chi connectivity index (χ3v) is 4.94. The Balaban J connectivity index is 1.64. The topological polar surface area (TPSA) is 74.5 Å². The van der Waals surface area contributed by atoms with Crippen LogP contribution in [-0.4, -0.2) is 50.8 Å². The van der Waals surface area contributed by atoms with Gasteiger partial charge < -0.3 is 19.5 Å². The third kappa shape index (κ3) is 2.84. The van der Waals surface area contributed by atoms with Gasteiger partial charge in [0, 0.05) is 39.2 Å². The molecule has 3 heterocycles. The molecule has 1 amide bonds. The first-order chi connectivity index (χ1) is 12.8. The van der Waals surface area contributed by atoms with Crippen LogP contribution in [0.4, 0.5) is 25.1 Å². The van der Waals surface area contributed by atoms with Crippen LogP contribution in [0.5, 0.6) is 0 Å². The predicted octanol–water partition coefficient (Wildman–Crippen LogP) is 3.09. The number of imidazole rings is 1. The highest BCUT2D eigenvalue weighted by atomic mass is 19.1. The number of hydrogen-bond donors (Lipinski definition) is 1. The minimum Gasteiger partial charge on any atom is -0.465 e. The lowest BCUT2D eigenvalue weighted by Crippen LogP contribution is -2.47. The zero-order valence-corrected chi connectivity index (χ0v) is 14.7. The number of fused-ring (bicyclic) bond motifs is 1. The van der Waals surface area contributed by atoms with E-state index in [0.29, 0.717) is 16.9 Å². The average molecular weight is 373 g/mol. The van der Waals surface area contributed by atoms with Gasteiger partial charge in [-0.3, -0.25) is 0 Å². The normalized spacial score (nSPS) is 14.4. The second-order valence-electron chi connectivity index (χ2n) is 6.66. The molecule has 0 spiro atoms. The maximum atomic E-state index is 14.7. The van der Waals surface area contributed by atoms with Gasteiger partial charge in [-0.05, 0) is 17.7 Å².